The molecular formula is C37H32BrClFN3O8. The van der Waals surface area contributed by atoms with Crippen molar-refractivity contribution in [3.63, 3.8) is 0 Å². The van der Waals surface area contributed by atoms with Crippen LogP contribution in [0, 0.1) is 29.5 Å². The Kier molecular flexibility index (Phi) is 8.91. The number of anilines is 1. The summed E-state index contributed by atoms with van der Waals surface area (Å²) in [4.78, 5) is 70.0. The molecule has 3 N–H and O–H groups in total. The fraction of sp³-hybridized carbons (Fsp3) is 0.324. The highest BCUT2D eigenvalue weighted by Crippen LogP contribution is 2.64. The number of ether oxygens (including phenoxy) is 1. The number of carbonyl (C=O) groups excluding carboxylic acids is 4. The molecule has 2 heterocycles. The van der Waals surface area contributed by atoms with Gasteiger partial charge in [-0.15, -0.1) is 0 Å². The Labute approximate surface area is 305 Å². The third kappa shape index (κ3) is 5.48. The minimum atomic E-state index is -1.61. The van der Waals surface area contributed by atoms with E-state index < -0.39 is 64.5 Å². The van der Waals surface area contributed by atoms with Gasteiger partial charge in [-0.3, -0.25) is 34.3 Å². The quantitative estimate of drug-likeness (QED) is 0.181. The van der Waals surface area contributed by atoms with Crippen molar-refractivity contribution in [2.24, 2.45) is 23.7 Å². The number of hydrogen-bond donors (Lipinski definition) is 3. The maximum atomic E-state index is 15.2. The fourth-order valence-electron chi connectivity index (χ4n) is 8.62. The number of nitrogens with one attached hydrogen (secondary N) is 1. The largest absolute Gasteiger partial charge is 0.503 e. The van der Waals surface area contributed by atoms with Gasteiger partial charge in [0.1, 0.15) is 5.82 Å². The van der Waals surface area contributed by atoms with Crippen LogP contribution in [0.1, 0.15) is 42.7 Å². The Morgan fingerprint density at radius 1 is 1.04 bits per heavy atom. The van der Waals surface area contributed by atoms with Crippen molar-refractivity contribution < 1.29 is 43.3 Å². The van der Waals surface area contributed by atoms with Gasteiger partial charge in [0, 0.05) is 23.9 Å². The topological polar surface area (TPSA) is 154 Å². The number of phenols is 1. The van der Waals surface area contributed by atoms with Gasteiger partial charge in [0.2, 0.25) is 11.8 Å². The smallest absolute Gasteiger partial charge is 0.303 e. The Morgan fingerprint density at radius 3 is 2.41 bits per heavy atom. The van der Waals surface area contributed by atoms with Crippen LogP contribution in [-0.2, 0) is 29.4 Å². The molecule has 0 radical (unpaired) electrons. The first-order valence-electron chi connectivity index (χ1n) is 16.4. The van der Waals surface area contributed by atoms with Crippen LogP contribution in [0.4, 0.5) is 10.1 Å². The molecule has 11 nitrogen and oxygen atoms in total. The van der Waals surface area contributed by atoms with Gasteiger partial charge in [0.15, 0.2) is 11.5 Å². The van der Waals surface area contributed by atoms with Gasteiger partial charge in [0.25, 0.3) is 11.8 Å². The van der Waals surface area contributed by atoms with Crippen molar-refractivity contribution >= 4 is 62.8 Å². The normalized spacial score (nSPS) is 26.8. The molecule has 2 aliphatic carbocycles. The lowest BCUT2D eigenvalue weighted by Crippen LogP contribution is -2.53. The molecule has 14 heteroatoms. The maximum Gasteiger partial charge on any atom is 0.303 e. The molecule has 51 heavy (non-hydrogen) atoms. The third-order valence-corrected chi connectivity index (χ3v) is 11.6. The first-order valence-corrected chi connectivity index (χ1v) is 17.6. The van der Waals surface area contributed by atoms with Crippen LogP contribution < -0.4 is 10.2 Å². The summed E-state index contributed by atoms with van der Waals surface area (Å²) >= 11 is 9.75. The van der Waals surface area contributed by atoms with E-state index in [0.29, 0.717) is 27.4 Å². The number of allylic oxidation sites excluding steroid dienone is 2. The SMILES string of the molecule is COc1cc([C@H]2C3=CC[C@@H]4C(=O)N(CCCC(=O)O)C(=O)[C@@H]4[C@@H]3C[C@H]3C(=O)N(Nc4ccc(F)cc4)C(=O)[C@@]23c2ccc(Cl)cc2)cc(Br)c1O. The minimum absolute atomic E-state index is 0.0384. The number of hydrazine groups is 1. The fourth-order valence-corrected chi connectivity index (χ4v) is 9.21. The molecule has 0 unspecified atom stereocenters. The zero-order chi connectivity index (χ0) is 36.4. The average Bonchev–Trinajstić information content (AvgIpc) is 3.47. The zero-order valence-electron chi connectivity index (χ0n) is 27.1. The van der Waals surface area contributed by atoms with Crippen molar-refractivity contribution in [2.45, 2.75) is 37.0 Å². The van der Waals surface area contributed by atoms with E-state index >= 15 is 4.79 Å². The monoisotopic (exact) mass is 779 g/mol. The van der Waals surface area contributed by atoms with Crippen LogP contribution >= 0.6 is 27.5 Å². The average molecular weight is 781 g/mol. The van der Waals surface area contributed by atoms with Crippen molar-refractivity contribution in [1.82, 2.24) is 9.91 Å². The predicted molar refractivity (Wildman–Crippen MR) is 185 cm³/mol. The summed E-state index contributed by atoms with van der Waals surface area (Å²) in [6.07, 6.45) is 2.00. The first-order chi connectivity index (χ1) is 24.4. The molecule has 2 saturated heterocycles. The highest BCUT2D eigenvalue weighted by molar-refractivity contribution is 9.10. The summed E-state index contributed by atoms with van der Waals surface area (Å²) in [5.74, 6) is -7.81. The molecule has 6 atom stereocenters. The van der Waals surface area contributed by atoms with Crippen LogP contribution in [0.2, 0.25) is 5.02 Å². The highest BCUT2D eigenvalue weighted by Gasteiger charge is 2.70. The van der Waals surface area contributed by atoms with Crippen LogP contribution in [0.25, 0.3) is 0 Å². The number of aliphatic carboxylic acids is 1. The number of nitrogens with zero attached hydrogens (tertiary/aromatic N) is 2. The summed E-state index contributed by atoms with van der Waals surface area (Å²) in [6.45, 7) is -0.0461. The third-order valence-electron chi connectivity index (χ3n) is 10.7. The van der Waals surface area contributed by atoms with Crippen LogP contribution in [0.5, 0.6) is 11.5 Å². The lowest BCUT2D eigenvalue weighted by molar-refractivity contribution is -0.142. The van der Waals surface area contributed by atoms with Crippen molar-refractivity contribution in [3.8, 4) is 11.5 Å². The Bertz CT molecular complexity index is 2010. The van der Waals surface area contributed by atoms with E-state index in [0.717, 1.165) is 9.91 Å². The number of halogens is 3. The molecular weight excluding hydrogens is 749 g/mol. The van der Waals surface area contributed by atoms with Crippen molar-refractivity contribution in [2.75, 3.05) is 19.1 Å². The molecule has 0 bridgehead atoms. The molecule has 3 fully saturated rings. The van der Waals surface area contributed by atoms with E-state index in [-0.39, 0.29) is 54.1 Å². The number of carboxylic acids is 1. The van der Waals surface area contributed by atoms with E-state index in [1.54, 1.807) is 36.4 Å². The second-order valence-corrected chi connectivity index (χ2v) is 14.5. The molecule has 0 aromatic heterocycles. The molecule has 2 aliphatic heterocycles. The van der Waals surface area contributed by atoms with Gasteiger partial charge in [-0.25, -0.2) is 4.39 Å². The number of amides is 4. The summed E-state index contributed by atoms with van der Waals surface area (Å²) in [7, 11) is 1.39. The van der Waals surface area contributed by atoms with Gasteiger partial charge in [-0.05, 0) is 101 Å². The standard InChI is InChI=1S/C37H32BrClFN3O8/c1-51-28-16-18(15-27(38)32(28)46)31-23-12-13-24-30(35(49)42(33(24)47)14-2-3-29(44)45)25(23)17-26-34(48)43(41-22-10-8-21(40)9-11-22)36(50)37(26,31)19-4-6-20(39)7-5-19/h4-12,15-16,24-26,30-31,41,46H,2-3,13-14,17H2,1H3,(H,44,45)/t24-,25+,26-,30-,31-,37+/m0/s1. The van der Waals surface area contributed by atoms with E-state index in [1.807, 2.05) is 6.08 Å². The highest BCUT2D eigenvalue weighted by atomic mass is 79.9. The maximum absolute atomic E-state index is 15.2. The first kappa shape index (κ1) is 34.7. The zero-order valence-corrected chi connectivity index (χ0v) is 29.5. The molecule has 3 aromatic carbocycles. The number of methoxy groups -OCH3 is 1. The van der Waals surface area contributed by atoms with Gasteiger partial charge in [-0.2, -0.15) is 5.01 Å². The molecule has 0 spiro atoms. The van der Waals surface area contributed by atoms with Crippen LogP contribution in [0.3, 0.4) is 0 Å². The second-order valence-electron chi connectivity index (χ2n) is 13.3. The number of fused-ring (bicyclic) bond motifs is 4. The molecule has 3 aromatic rings. The summed E-state index contributed by atoms with van der Waals surface area (Å²) in [5.41, 5.74) is 3.25. The molecule has 4 amide bonds. The van der Waals surface area contributed by atoms with Gasteiger partial charge in [-0.1, -0.05) is 35.4 Å². The number of likely N-dealkylation sites (tertiary alicyclic amines) is 1. The number of carboxylic acid groups (broad SMARTS) is 1. The molecule has 264 valence electrons. The number of imide groups is 2. The lowest BCUT2D eigenvalue weighted by Gasteiger charge is -2.50. The number of carbonyl (C=O) groups is 5. The Hall–Kier alpha value is -4.75. The summed E-state index contributed by atoms with van der Waals surface area (Å²) in [6, 6.07) is 15.1. The van der Waals surface area contributed by atoms with Gasteiger partial charge >= 0.3 is 5.97 Å². The number of phenolic OH excluding ortho intramolecular Hbond substituents is 1. The van der Waals surface area contributed by atoms with Crippen molar-refractivity contribution in [1.29, 1.82) is 0 Å². The minimum Gasteiger partial charge on any atom is -0.503 e. The number of benzene rings is 3. The van der Waals surface area contributed by atoms with E-state index in [1.165, 1.54) is 31.4 Å². The summed E-state index contributed by atoms with van der Waals surface area (Å²) in [5, 5.41) is 21.3. The second kappa shape index (κ2) is 13.1. The van der Waals surface area contributed by atoms with Crippen molar-refractivity contribution in [3.05, 3.63) is 98.8 Å². The summed E-state index contributed by atoms with van der Waals surface area (Å²) < 4.78 is 19.6. The Balaban J connectivity index is 1.43. The molecule has 1 saturated carbocycles. The molecule has 4 aliphatic rings. The Morgan fingerprint density at radius 2 is 1.75 bits per heavy atom. The molecule has 7 rings (SSSR count). The number of aromatic hydroxyl groups is 1. The lowest BCUT2D eigenvalue weighted by atomic mass is 9.49. The van der Waals surface area contributed by atoms with Gasteiger partial charge in [0.05, 0.1) is 40.4 Å². The predicted octanol–water partition coefficient (Wildman–Crippen LogP) is 5.81. The van der Waals surface area contributed by atoms with Crippen LogP contribution in [-0.4, -0.2) is 63.4 Å². The van der Waals surface area contributed by atoms with Gasteiger partial charge < -0.3 is 14.9 Å². The van der Waals surface area contributed by atoms with E-state index in [4.69, 9.17) is 21.4 Å². The van der Waals surface area contributed by atoms with E-state index in [9.17, 15) is 28.7 Å². The van der Waals surface area contributed by atoms with Crippen LogP contribution in [0.15, 0.2) is 76.8 Å². The number of rotatable bonds is 9. The van der Waals surface area contributed by atoms with E-state index in [2.05, 4.69) is 21.4 Å². The number of hydrogen-bond acceptors (Lipinski definition) is 8.